The molecule has 0 atom stereocenters. The number of amides is 1. The molecule has 0 aliphatic heterocycles. The molecule has 1 amide bonds. The van der Waals surface area contributed by atoms with Gasteiger partial charge in [-0.2, -0.15) is 0 Å². The van der Waals surface area contributed by atoms with Gasteiger partial charge < -0.3 is 10.7 Å². The molecule has 0 unspecified atom stereocenters. The van der Waals surface area contributed by atoms with Crippen LogP contribution in [-0.2, 0) is 4.79 Å². The first-order valence-corrected chi connectivity index (χ1v) is 8.84. The minimum absolute atomic E-state index is 0.301. The van der Waals surface area contributed by atoms with Crippen molar-refractivity contribution < 1.29 is 4.79 Å². The molecule has 3 heteroatoms. The second kappa shape index (κ2) is 20.4. The van der Waals surface area contributed by atoms with Crippen molar-refractivity contribution in [3.8, 4) is 0 Å². The summed E-state index contributed by atoms with van der Waals surface area (Å²) in [5.74, 6) is 0. The molecule has 0 saturated carbocycles. The van der Waals surface area contributed by atoms with E-state index in [0.717, 1.165) is 12.6 Å². The lowest BCUT2D eigenvalue weighted by atomic mass is 10.1. The van der Waals surface area contributed by atoms with E-state index in [1.165, 1.54) is 56.9 Å². The van der Waals surface area contributed by atoms with Crippen molar-refractivity contribution in [2.24, 2.45) is 0 Å². The highest BCUT2D eigenvalue weighted by atomic mass is 16.1. The molecule has 0 aromatic rings. The highest BCUT2D eigenvalue weighted by molar-refractivity contribution is 5.77. The van der Waals surface area contributed by atoms with Gasteiger partial charge in [-0.15, -0.1) is 0 Å². The molecular formula is C20H36N2O. The van der Waals surface area contributed by atoms with Crippen LogP contribution in [0.2, 0.25) is 0 Å². The van der Waals surface area contributed by atoms with Crippen molar-refractivity contribution in [3.05, 3.63) is 36.1 Å². The smallest absolute Gasteiger partial charge is 0.211 e. The average Bonchev–Trinajstić information content (AvgIpc) is 2.55. The summed E-state index contributed by atoms with van der Waals surface area (Å²) in [6.45, 7) is 9.98. The first-order valence-electron chi connectivity index (χ1n) is 8.84. The van der Waals surface area contributed by atoms with Crippen molar-refractivity contribution in [3.63, 3.8) is 0 Å². The maximum absolute atomic E-state index is 9.50. The predicted octanol–water partition coefficient (Wildman–Crippen LogP) is 5.94. The van der Waals surface area contributed by atoms with E-state index in [0.29, 0.717) is 12.1 Å². The first kappa shape index (κ1) is 23.6. The van der Waals surface area contributed by atoms with Gasteiger partial charge in [0.25, 0.3) is 0 Å². The number of carbonyl (C=O) groups excluding carboxylic acids is 1. The normalized spacial score (nSPS) is 10.8. The summed E-state index contributed by atoms with van der Waals surface area (Å²) in [5, 5.41) is 8.64. The Labute approximate surface area is 143 Å². The van der Waals surface area contributed by atoms with Crippen molar-refractivity contribution in [2.45, 2.75) is 78.6 Å². The third-order valence-corrected chi connectivity index (χ3v) is 3.35. The van der Waals surface area contributed by atoms with E-state index in [4.69, 9.17) is 5.41 Å². The molecule has 0 bridgehead atoms. The van der Waals surface area contributed by atoms with Crippen LogP contribution in [0.25, 0.3) is 0 Å². The highest BCUT2D eigenvalue weighted by Crippen LogP contribution is 2.12. The Morgan fingerprint density at radius 2 is 1.70 bits per heavy atom. The molecule has 23 heavy (non-hydrogen) atoms. The average molecular weight is 321 g/mol. The molecular weight excluding hydrogens is 284 g/mol. The van der Waals surface area contributed by atoms with E-state index in [2.05, 4.69) is 50.9 Å². The van der Waals surface area contributed by atoms with Crippen molar-refractivity contribution >= 4 is 12.6 Å². The predicted molar refractivity (Wildman–Crippen MR) is 103 cm³/mol. The lowest BCUT2D eigenvalue weighted by Crippen LogP contribution is -2.08. The zero-order valence-corrected chi connectivity index (χ0v) is 15.4. The fraction of sp³-hybridized carbons (Fsp3) is 0.600. The summed E-state index contributed by atoms with van der Waals surface area (Å²) in [6, 6.07) is 0. The van der Waals surface area contributed by atoms with Crippen LogP contribution in [0.5, 0.6) is 0 Å². The van der Waals surface area contributed by atoms with Crippen LogP contribution in [0.1, 0.15) is 78.6 Å². The third-order valence-electron chi connectivity index (χ3n) is 3.35. The molecule has 2 N–H and O–H groups in total. The van der Waals surface area contributed by atoms with E-state index in [1.807, 2.05) is 0 Å². The van der Waals surface area contributed by atoms with Gasteiger partial charge in [0.2, 0.25) is 6.41 Å². The van der Waals surface area contributed by atoms with E-state index in [1.54, 1.807) is 0 Å². The largest absolute Gasteiger partial charge is 0.328 e. The molecule has 0 rings (SSSR count). The van der Waals surface area contributed by atoms with Gasteiger partial charge in [0, 0.05) is 6.21 Å². The molecule has 0 aliphatic carbocycles. The molecule has 0 saturated heterocycles. The van der Waals surface area contributed by atoms with E-state index < -0.39 is 0 Å². The van der Waals surface area contributed by atoms with Gasteiger partial charge in [0.1, 0.15) is 0 Å². The quantitative estimate of drug-likeness (QED) is 0.188. The van der Waals surface area contributed by atoms with E-state index in [-0.39, 0.29) is 0 Å². The van der Waals surface area contributed by atoms with Crippen LogP contribution in [-0.4, -0.2) is 12.6 Å². The number of allylic oxidation sites excluding steroid dienone is 5. The molecule has 0 heterocycles. The second-order valence-corrected chi connectivity index (χ2v) is 5.65. The minimum Gasteiger partial charge on any atom is -0.328 e. The zero-order valence-electron chi connectivity index (χ0n) is 15.4. The van der Waals surface area contributed by atoms with Gasteiger partial charge in [-0.05, 0) is 26.2 Å². The van der Waals surface area contributed by atoms with Crippen molar-refractivity contribution in [1.29, 1.82) is 5.41 Å². The Hall–Kier alpha value is -1.64. The molecule has 0 aromatic heterocycles. The number of nitrogens with one attached hydrogen (secondary N) is 2. The van der Waals surface area contributed by atoms with Gasteiger partial charge in [-0.25, -0.2) is 0 Å². The van der Waals surface area contributed by atoms with Gasteiger partial charge >= 0.3 is 0 Å². The number of carbonyl (C=O) groups is 1. The van der Waals surface area contributed by atoms with Gasteiger partial charge in [-0.3, -0.25) is 4.79 Å². The monoisotopic (exact) mass is 320 g/mol. The Balaban J connectivity index is 0. The fourth-order valence-electron chi connectivity index (χ4n) is 1.93. The Morgan fingerprint density at radius 1 is 1.09 bits per heavy atom. The summed E-state index contributed by atoms with van der Waals surface area (Å²) in [5.41, 5.74) is 1.83. The number of rotatable bonds is 13. The maximum atomic E-state index is 9.50. The lowest BCUT2D eigenvalue weighted by molar-refractivity contribution is -0.108. The number of unbranched alkanes of at least 4 members (excludes halogenated alkanes) is 6. The molecule has 132 valence electrons. The Bertz CT molecular complexity index is 357. The zero-order chi connectivity index (χ0) is 17.8. The second-order valence-electron chi connectivity index (χ2n) is 5.65. The Morgan fingerprint density at radius 3 is 2.17 bits per heavy atom. The van der Waals surface area contributed by atoms with Gasteiger partial charge in [-0.1, -0.05) is 82.8 Å². The summed E-state index contributed by atoms with van der Waals surface area (Å²) in [7, 11) is 0. The van der Waals surface area contributed by atoms with Crippen LogP contribution >= 0.6 is 0 Å². The van der Waals surface area contributed by atoms with Crippen LogP contribution in [0.4, 0.5) is 0 Å². The first-order chi connectivity index (χ1) is 11.1. The number of hydrogen-bond donors (Lipinski definition) is 2. The number of hydrogen-bond acceptors (Lipinski definition) is 2. The van der Waals surface area contributed by atoms with Crippen molar-refractivity contribution in [2.75, 3.05) is 0 Å². The molecule has 0 fully saturated rings. The van der Waals surface area contributed by atoms with E-state index in [9.17, 15) is 4.79 Å². The summed E-state index contributed by atoms with van der Waals surface area (Å²) in [6.07, 6.45) is 20.4. The standard InChI is InChI=1S/C16H30.C4H6N2O/c1-4-6-8-9-10-11-13-15-16(3)14-12-7-5-2;1-4(2-5)6-3-7/h7,12,14H,4-6,8-11,13,15H2,1-3H3;2-3,5H,1H2,(H,6,7)/b12-7-,16-14+;. The van der Waals surface area contributed by atoms with Crippen molar-refractivity contribution in [1.82, 2.24) is 5.32 Å². The lowest BCUT2D eigenvalue weighted by Gasteiger charge is -2.01. The van der Waals surface area contributed by atoms with Gasteiger partial charge in [0.05, 0.1) is 5.70 Å². The topological polar surface area (TPSA) is 53.0 Å². The van der Waals surface area contributed by atoms with Crippen LogP contribution in [0.3, 0.4) is 0 Å². The van der Waals surface area contributed by atoms with Gasteiger partial charge in [0.15, 0.2) is 0 Å². The molecule has 0 spiro atoms. The maximum Gasteiger partial charge on any atom is 0.211 e. The van der Waals surface area contributed by atoms with E-state index >= 15 is 0 Å². The molecule has 0 radical (unpaired) electrons. The summed E-state index contributed by atoms with van der Waals surface area (Å²) in [4.78, 5) is 9.50. The summed E-state index contributed by atoms with van der Waals surface area (Å²) < 4.78 is 0. The fourth-order valence-corrected chi connectivity index (χ4v) is 1.93. The SMILES string of the molecule is C=C(C=N)NC=O.CC/C=C\C=C(/C)CCCCCCCCC. The highest BCUT2D eigenvalue weighted by Gasteiger charge is 1.92. The minimum atomic E-state index is 0.301. The van der Waals surface area contributed by atoms with Crippen LogP contribution in [0, 0.1) is 5.41 Å². The Kier molecular flexibility index (Phi) is 20.9. The van der Waals surface area contributed by atoms with Crippen LogP contribution < -0.4 is 5.32 Å². The third kappa shape index (κ3) is 22.8. The molecule has 0 aliphatic rings. The molecule has 0 aromatic carbocycles. The molecule has 3 nitrogen and oxygen atoms in total. The van der Waals surface area contributed by atoms with Crippen LogP contribution in [0.15, 0.2) is 36.1 Å². The summed E-state index contributed by atoms with van der Waals surface area (Å²) >= 11 is 0.